The van der Waals surface area contributed by atoms with Gasteiger partial charge in [0.2, 0.25) is 5.95 Å². The largest absolute Gasteiger partial charge is 0.351 e. The summed E-state index contributed by atoms with van der Waals surface area (Å²) in [6.07, 6.45) is 1.81. The van der Waals surface area contributed by atoms with Crippen LogP contribution in [-0.2, 0) is 6.54 Å². The second-order valence-corrected chi connectivity index (χ2v) is 8.81. The fraction of sp³-hybridized carbons (Fsp3) is 0.143. The minimum Gasteiger partial charge on any atom is -0.351 e. The number of anilines is 1. The molecule has 3 heterocycles. The minimum absolute atomic E-state index is 0.210. The third-order valence-corrected chi connectivity index (χ3v) is 6.41. The maximum absolute atomic E-state index is 12.8. The van der Waals surface area contributed by atoms with Gasteiger partial charge < -0.3 is 9.88 Å². The number of hydrogen-bond acceptors (Lipinski definition) is 5. The molecule has 172 valence electrons. The van der Waals surface area contributed by atoms with E-state index in [9.17, 15) is 9.59 Å². The normalized spacial score (nSPS) is 14.0. The predicted octanol–water partition coefficient (Wildman–Crippen LogP) is 4.73. The lowest BCUT2D eigenvalue weighted by Gasteiger charge is -2.21. The van der Waals surface area contributed by atoms with Crippen LogP contribution in [0, 0.1) is 0 Å². The average molecular weight is 462 g/mol. The van der Waals surface area contributed by atoms with E-state index in [1.807, 2.05) is 43.3 Å². The molecule has 6 rings (SSSR count). The van der Waals surface area contributed by atoms with Gasteiger partial charge in [0, 0.05) is 24.2 Å². The number of benzene rings is 3. The number of fused-ring (bicyclic) bond motifs is 3. The molecule has 3 aromatic carbocycles. The number of imidazole rings is 1. The third kappa shape index (κ3) is 3.61. The molecular weight excluding hydrogens is 438 g/mol. The number of amides is 2. The number of para-hydroxylation sites is 3. The monoisotopic (exact) mass is 461 g/mol. The molecule has 7 heteroatoms. The Morgan fingerprint density at radius 2 is 1.57 bits per heavy atom. The molecule has 0 fully saturated rings. The highest BCUT2D eigenvalue weighted by Crippen LogP contribution is 2.26. The van der Waals surface area contributed by atoms with Crippen molar-refractivity contribution in [2.45, 2.75) is 19.5 Å². The number of nitrogens with one attached hydrogen (secondary N) is 1. The van der Waals surface area contributed by atoms with Gasteiger partial charge in [-0.2, -0.15) is 0 Å². The van der Waals surface area contributed by atoms with Crippen molar-refractivity contribution in [1.82, 2.24) is 19.4 Å². The SMILES string of the molecule is CC(CN1C(=O)c2ccccc2C1=O)Nc1nc2ccccc2n1Cc1cccc2cccnc12. The maximum Gasteiger partial charge on any atom is 0.261 e. The molecule has 1 unspecified atom stereocenters. The van der Waals surface area contributed by atoms with Crippen LogP contribution in [0.1, 0.15) is 33.2 Å². The van der Waals surface area contributed by atoms with E-state index in [-0.39, 0.29) is 24.4 Å². The summed E-state index contributed by atoms with van der Waals surface area (Å²) in [6.45, 7) is 2.77. The summed E-state index contributed by atoms with van der Waals surface area (Å²) in [6, 6.07) is 24.9. The van der Waals surface area contributed by atoms with Crippen molar-refractivity contribution in [2.24, 2.45) is 0 Å². The number of pyridine rings is 1. The van der Waals surface area contributed by atoms with Crippen molar-refractivity contribution in [1.29, 1.82) is 0 Å². The molecule has 0 saturated heterocycles. The van der Waals surface area contributed by atoms with Crippen LogP contribution in [0.15, 0.2) is 85.1 Å². The first-order valence-electron chi connectivity index (χ1n) is 11.6. The molecule has 2 aromatic heterocycles. The number of hydrogen-bond donors (Lipinski definition) is 1. The van der Waals surface area contributed by atoms with Crippen LogP contribution in [0.5, 0.6) is 0 Å². The van der Waals surface area contributed by atoms with Gasteiger partial charge in [0.05, 0.1) is 34.2 Å². The maximum atomic E-state index is 12.8. The number of carbonyl (C=O) groups is 2. The van der Waals surface area contributed by atoms with Gasteiger partial charge in [-0.3, -0.25) is 19.5 Å². The Morgan fingerprint density at radius 1 is 0.857 bits per heavy atom. The highest BCUT2D eigenvalue weighted by molar-refractivity contribution is 6.21. The molecule has 0 aliphatic carbocycles. The zero-order valence-electron chi connectivity index (χ0n) is 19.2. The van der Waals surface area contributed by atoms with Crippen LogP contribution in [0.4, 0.5) is 5.95 Å². The summed E-state index contributed by atoms with van der Waals surface area (Å²) in [5.74, 6) is 0.174. The zero-order chi connectivity index (χ0) is 23.9. The number of aromatic nitrogens is 3. The van der Waals surface area contributed by atoms with Crippen molar-refractivity contribution in [3.63, 3.8) is 0 Å². The van der Waals surface area contributed by atoms with E-state index in [1.54, 1.807) is 30.5 Å². The molecule has 7 nitrogen and oxygen atoms in total. The van der Waals surface area contributed by atoms with Gasteiger partial charge >= 0.3 is 0 Å². The lowest BCUT2D eigenvalue weighted by molar-refractivity contribution is 0.0649. The van der Waals surface area contributed by atoms with Crippen LogP contribution >= 0.6 is 0 Å². The summed E-state index contributed by atoms with van der Waals surface area (Å²) in [5, 5.41) is 4.53. The molecule has 0 saturated carbocycles. The fourth-order valence-electron chi connectivity index (χ4n) is 4.76. The van der Waals surface area contributed by atoms with E-state index >= 15 is 0 Å². The van der Waals surface area contributed by atoms with Gasteiger partial charge in [-0.15, -0.1) is 0 Å². The van der Waals surface area contributed by atoms with Crippen LogP contribution in [0.2, 0.25) is 0 Å². The van der Waals surface area contributed by atoms with Crippen LogP contribution < -0.4 is 5.32 Å². The van der Waals surface area contributed by atoms with E-state index in [1.165, 1.54) is 4.90 Å². The Morgan fingerprint density at radius 3 is 2.37 bits per heavy atom. The topological polar surface area (TPSA) is 80.1 Å². The number of carbonyl (C=O) groups excluding carboxylic acids is 2. The molecule has 0 spiro atoms. The van der Waals surface area contributed by atoms with Crippen LogP contribution in [-0.4, -0.2) is 43.8 Å². The van der Waals surface area contributed by atoms with Gasteiger partial charge in [-0.1, -0.05) is 48.5 Å². The summed E-state index contributed by atoms with van der Waals surface area (Å²) in [7, 11) is 0. The molecule has 1 N–H and O–H groups in total. The second kappa shape index (κ2) is 8.36. The first-order chi connectivity index (χ1) is 17.1. The summed E-state index contributed by atoms with van der Waals surface area (Å²) >= 11 is 0. The van der Waals surface area contributed by atoms with Crippen molar-refractivity contribution in [2.75, 3.05) is 11.9 Å². The first-order valence-corrected chi connectivity index (χ1v) is 11.6. The highest BCUT2D eigenvalue weighted by atomic mass is 16.2. The lowest BCUT2D eigenvalue weighted by atomic mass is 10.1. The molecule has 2 amide bonds. The van der Waals surface area contributed by atoms with Gasteiger partial charge in [0.15, 0.2) is 0 Å². The van der Waals surface area contributed by atoms with Crippen molar-refractivity contribution in [3.05, 3.63) is 102 Å². The molecule has 35 heavy (non-hydrogen) atoms. The Hall–Kier alpha value is -4.52. The Kier molecular flexibility index (Phi) is 5.03. The van der Waals surface area contributed by atoms with Crippen LogP contribution in [0.3, 0.4) is 0 Å². The first kappa shape index (κ1) is 21.0. The summed E-state index contributed by atoms with van der Waals surface area (Å²) < 4.78 is 2.12. The van der Waals surface area contributed by atoms with E-state index in [0.29, 0.717) is 23.6 Å². The average Bonchev–Trinajstić information content (AvgIpc) is 3.34. The Bertz CT molecular complexity index is 1570. The summed E-state index contributed by atoms with van der Waals surface area (Å²) in [5.41, 5.74) is 4.83. The fourth-order valence-corrected chi connectivity index (χ4v) is 4.76. The number of rotatable bonds is 6. The molecule has 5 aromatic rings. The van der Waals surface area contributed by atoms with E-state index in [0.717, 1.165) is 27.5 Å². The Balaban J connectivity index is 1.31. The zero-order valence-corrected chi connectivity index (χ0v) is 19.2. The molecular formula is C28H23N5O2. The number of nitrogens with zero attached hydrogens (tertiary/aromatic N) is 4. The van der Waals surface area contributed by atoms with Gasteiger partial charge in [0.25, 0.3) is 11.8 Å². The molecule has 1 atom stereocenters. The standard InChI is InChI=1S/C28H23N5O2/c1-18(16-33-26(34)21-11-2-3-12-22(21)27(33)35)30-28-31-23-13-4-5-14-24(23)32(28)17-20-9-6-8-19-10-7-15-29-25(19)20/h2-15,18H,16-17H2,1H3,(H,30,31). The van der Waals surface area contributed by atoms with Crippen LogP contribution in [0.25, 0.3) is 21.9 Å². The third-order valence-electron chi connectivity index (χ3n) is 6.41. The van der Waals surface area contributed by atoms with Crippen molar-refractivity contribution >= 4 is 39.7 Å². The van der Waals surface area contributed by atoms with Crippen molar-refractivity contribution in [3.8, 4) is 0 Å². The summed E-state index contributed by atoms with van der Waals surface area (Å²) in [4.78, 5) is 36.4. The predicted molar refractivity (Wildman–Crippen MR) is 135 cm³/mol. The minimum atomic E-state index is -0.255. The number of imide groups is 1. The van der Waals surface area contributed by atoms with E-state index in [4.69, 9.17) is 4.98 Å². The smallest absolute Gasteiger partial charge is 0.261 e. The second-order valence-electron chi connectivity index (χ2n) is 8.81. The lowest BCUT2D eigenvalue weighted by Crippen LogP contribution is -2.39. The quantitative estimate of drug-likeness (QED) is 0.370. The van der Waals surface area contributed by atoms with Gasteiger partial charge in [0.1, 0.15) is 0 Å². The van der Waals surface area contributed by atoms with Crippen molar-refractivity contribution < 1.29 is 9.59 Å². The molecule has 0 radical (unpaired) electrons. The van der Waals surface area contributed by atoms with Gasteiger partial charge in [-0.25, -0.2) is 4.98 Å². The highest BCUT2D eigenvalue weighted by Gasteiger charge is 2.35. The molecule has 0 bridgehead atoms. The van der Waals surface area contributed by atoms with Gasteiger partial charge in [-0.05, 0) is 42.8 Å². The van der Waals surface area contributed by atoms with E-state index < -0.39 is 0 Å². The molecule has 1 aliphatic rings. The van der Waals surface area contributed by atoms with E-state index in [2.05, 4.69) is 33.1 Å². The Labute approximate surface area is 202 Å². The molecule has 1 aliphatic heterocycles.